The average Bonchev–Trinajstić information content (AvgIpc) is 2.72. The minimum absolute atomic E-state index is 0.252. The van der Waals surface area contributed by atoms with Gasteiger partial charge in [-0.1, -0.05) is 41.9 Å². The van der Waals surface area contributed by atoms with Gasteiger partial charge in [0.15, 0.2) is 0 Å². The van der Waals surface area contributed by atoms with Crippen molar-refractivity contribution >= 4 is 29.0 Å². The van der Waals surface area contributed by atoms with Crippen LogP contribution in [0.25, 0.3) is 0 Å². The standard InChI is InChI=1S/C21H21ClN4O2/c1-28-19-10-9-16(22)12-17(19)26-21(27)18-13-20(25-14-24-18)23-11-5-8-15-6-3-2-4-7-15/h2-4,6-7,9-10,12-14H,5,8,11H2,1H3,(H,26,27)(H,23,24,25). The van der Waals surface area contributed by atoms with E-state index in [2.05, 4.69) is 32.7 Å². The Morgan fingerprint density at radius 2 is 1.93 bits per heavy atom. The zero-order valence-electron chi connectivity index (χ0n) is 15.5. The lowest BCUT2D eigenvalue weighted by molar-refractivity contribution is 0.102. The van der Waals surface area contributed by atoms with E-state index in [0.29, 0.717) is 22.3 Å². The fourth-order valence-corrected chi connectivity index (χ4v) is 2.87. The molecule has 2 aromatic carbocycles. The second kappa shape index (κ2) is 9.71. The lowest BCUT2D eigenvalue weighted by Gasteiger charge is -2.11. The van der Waals surface area contributed by atoms with Crippen molar-refractivity contribution in [2.45, 2.75) is 12.8 Å². The summed E-state index contributed by atoms with van der Waals surface area (Å²) in [6, 6.07) is 16.9. The van der Waals surface area contributed by atoms with Crippen LogP contribution in [0.15, 0.2) is 60.9 Å². The summed E-state index contributed by atoms with van der Waals surface area (Å²) in [5.74, 6) is 0.757. The fourth-order valence-electron chi connectivity index (χ4n) is 2.70. The molecule has 0 aliphatic rings. The van der Waals surface area contributed by atoms with E-state index in [9.17, 15) is 4.79 Å². The number of carbonyl (C=O) groups excluding carboxylic acids is 1. The summed E-state index contributed by atoms with van der Waals surface area (Å²) < 4.78 is 5.24. The maximum Gasteiger partial charge on any atom is 0.274 e. The third-order valence-corrected chi connectivity index (χ3v) is 4.34. The highest BCUT2D eigenvalue weighted by Crippen LogP contribution is 2.28. The molecule has 144 valence electrons. The van der Waals surface area contributed by atoms with Crippen LogP contribution >= 0.6 is 11.6 Å². The van der Waals surface area contributed by atoms with Crippen LogP contribution in [-0.4, -0.2) is 29.5 Å². The highest BCUT2D eigenvalue weighted by Gasteiger charge is 2.12. The number of benzene rings is 2. The molecule has 2 N–H and O–H groups in total. The minimum Gasteiger partial charge on any atom is -0.495 e. The van der Waals surface area contributed by atoms with Crippen molar-refractivity contribution in [2.24, 2.45) is 0 Å². The highest BCUT2D eigenvalue weighted by atomic mass is 35.5. The van der Waals surface area contributed by atoms with Crippen LogP contribution in [-0.2, 0) is 6.42 Å². The Kier molecular flexibility index (Phi) is 6.81. The van der Waals surface area contributed by atoms with E-state index >= 15 is 0 Å². The van der Waals surface area contributed by atoms with Gasteiger partial charge in [-0.25, -0.2) is 9.97 Å². The van der Waals surface area contributed by atoms with Crippen LogP contribution < -0.4 is 15.4 Å². The number of hydrogen-bond donors (Lipinski definition) is 2. The number of anilines is 2. The maximum atomic E-state index is 12.5. The molecular weight excluding hydrogens is 376 g/mol. The Hall–Kier alpha value is -3.12. The third-order valence-electron chi connectivity index (χ3n) is 4.10. The number of rotatable bonds is 8. The first kappa shape index (κ1) is 19.6. The minimum atomic E-state index is -0.365. The van der Waals surface area contributed by atoms with Crippen LogP contribution in [0.1, 0.15) is 22.5 Å². The lowest BCUT2D eigenvalue weighted by atomic mass is 10.1. The average molecular weight is 397 g/mol. The molecule has 0 fully saturated rings. The van der Waals surface area contributed by atoms with Gasteiger partial charge in [-0.05, 0) is 36.6 Å². The number of hydrogen-bond acceptors (Lipinski definition) is 5. The Labute approximate surface area is 168 Å². The first-order valence-corrected chi connectivity index (χ1v) is 9.28. The summed E-state index contributed by atoms with van der Waals surface area (Å²) in [6.07, 6.45) is 3.29. The smallest absolute Gasteiger partial charge is 0.274 e. The molecule has 3 rings (SSSR count). The van der Waals surface area contributed by atoms with Crippen molar-refractivity contribution in [1.29, 1.82) is 0 Å². The van der Waals surface area contributed by atoms with Gasteiger partial charge in [0.05, 0.1) is 12.8 Å². The number of methoxy groups -OCH3 is 1. The number of carbonyl (C=O) groups is 1. The molecule has 0 aliphatic carbocycles. The monoisotopic (exact) mass is 396 g/mol. The second-order valence-corrected chi connectivity index (χ2v) is 6.54. The normalized spacial score (nSPS) is 10.4. The molecule has 1 amide bonds. The summed E-state index contributed by atoms with van der Waals surface area (Å²) in [6.45, 7) is 0.745. The molecule has 3 aromatic rings. The fraction of sp³-hybridized carbons (Fsp3) is 0.190. The lowest BCUT2D eigenvalue weighted by Crippen LogP contribution is -2.15. The SMILES string of the molecule is COc1ccc(Cl)cc1NC(=O)c1cc(NCCCc2ccccc2)ncn1. The summed E-state index contributed by atoms with van der Waals surface area (Å²) in [5, 5.41) is 6.50. The molecule has 28 heavy (non-hydrogen) atoms. The predicted molar refractivity (Wildman–Crippen MR) is 111 cm³/mol. The van der Waals surface area contributed by atoms with E-state index in [1.165, 1.54) is 19.0 Å². The van der Waals surface area contributed by atoms with E-state index in [1.54, 1.807) is 24.3 Å². The molecule has 0 bridgehead atoms. The van der Waals surface area contributed by atoms with Crippen LogP contribution in [0.3, 0.4) is 0 Å². The van der Waals surface area contributed by atoms with Crippen LogP contribution in [0.2, 0.25) is 5.02 Å². The summed E-state index contributed by atoms with van der Waals surface area (Å²) in [7, 11) is 1.53. The van der Waals surface area contributed by atoms with Crippen LogP contribution in [0, 0.1) is 0 Å². The van der Waals surface area contributed by atoms with Gasteiger partial charge < -0.3 is 15.4 Å². The Morgan fingerprint density at radius 3 is 2.71 bits per heavy atom. The molecule has 6 nitrogen and oxygen atoms in total. The van der Waals surface area contributed by atoms with Crippen molar-refractivity contribution in [3.63, 3.8) is 0 Å². The van der Waals surface area contributed by atoms with E-state index in [1.807, 2.05) is 18.2 Å². The Morgan fingerprint density at radius 1 is 1.11 bits per heavy atom. The van der Waals surface area contributed by atoms with E-state index in [0.717, 1.165) is 19.4 Å². The summed E-state index contributed by atoms with van der Waals surface area (Å²) in [4.78, 5) is 20.8. The number of aryl methyl sites for hydroxylation is 1. The number of halogens is 1. The Bertz CT molecular complexity index is 935. The maximum absolute atomic E-state index is 12.5. The van der Waals surface area contributed by atoms with Crippen molar-refractivity contribution in [1.82, 2.24) is 9.97 Å². The number of amides is 1. The zero-order valence-corrected chi connectivity index (χ0v) is 16.2. The van der Waals surface area contributed by atoms with E-state index < -0.39 is 0 Å². The van der Waals surface area contributed by atoms with Gasteiger partial charge in [0.25, 0.3) is 5.91 Å². The molecule has 0 aliphatic heterocycles. The number of ether oxygens (including phenoxy) is 1. The van der Waals surface area contributed by atoms with Gasteiger partial charge in [-0.3, -0.25) is 4.79 Å². The van der Waals surface area contributed by atoms with Gasteiger partial charge in [-0.15, -0.1) is 0 Å². The van der Waals surface area contributed by atoms with E-state index in [4.69, 9.17) is 16.3 Å². The van der Waals surface area contributed by atoms with Crippen molar-refractivity contribution < 1.29 is 9.53 Å². The number of nitrogens with one attached hydrogen (secondary N) is 2. The first-order valence-electron chi connectivity index (χ1n) is 8.90. The van der Waals surface area contributed by atoms with Crippen molar-refractivity contribution in [3.8, 4) is 5.75 Å². The molecule has 0 saturated carbocycles. The molecule has 1 heterocycles. The van der Waals surface area contributed by atoms with Gasteiger partial charge in [0.2, 0.25) is 0 Å². The summed E-state index contributed by atoms with van der Waals surface area (Å²) in [5.41, 5.74) is 2.03. The van der Waals surface area contributed by atoms with Crippen molar-refractivity contribution in [2.75, 3.05) is 24.3 Å². The van der Waals surface area contributed by atoms with Gasteiger partial charge in [0.1, 0.15) is 23.6 Å². The number of aromatic nitrogens is 2. The predicted octanol–water partition coefficient (Wildman–Crippen LogP) is 4.44. The molecule has 1 aromatic heterocycles. The molecule has 0 spiro atoms. The molecular formula is C21H21ClN4O2. The summed E-state index contributed by atoms with van der Waals surface area (Å²) >= 11 is 6.00. The highest BCUT2D eigenvalue weighted by molar-refractivity contribution is 6.31. The van der Waals surface area contributed by atoms with Crippen molar-refractivity contribution in [3.05, 3.63) is 77.2 Å². The van der Waals surface area contributed by atoms with Gasteiger partial charge in [-0.2, -0.15) is 0 Å². The van der Waals surface area contributed by atoms with Crippen LogP contribution in [0.5, 0.6) is 5.75 Å². The Balaban J connectivity index is 1.58. The molecule has 7 heteroatoms. The first-order chi connectivity index (χ1) is 13.7. The van der Waals surface area contributed by atoms with Crippen LogP contribution in [0.4, 0.5) is 11.5 Å². The second-order valence-electron chi connectivity index (χ2n) is 6.10. The van der Waals surface area contributed by atoms with Gasteiger partial charge >= 0.3 is 0 Å². The quantitative estimate of drug-likeness (QED) is 0.550. The third kappa shape index (κ3) is 5.44. The largest absolute Gasteiger partial charge is 0.495 e. The number of nitrogens with zero attached hydrogens (tertiary/aromatic N) is 2. The molecule has 0 radical (unpaired) electrons. The molecule has 0 unspecified atom stereocenters. The van der Waals surface area contributed by atoms with Gasteiger partial charge in [0, 0.05) is 17.6 Å². The zero-order chi connectivity index (χ0) is 19.8. The van der Waals surface area contributed by atoms with E-state index in [-0.39, 0.29) is 11.6 Å². The topological polar surface area (TPSA) is 76.1 Å². The molecule has 0 atom stereocenters. The molecule has 0 saturated heterocycles.